The van der Waals surface area contributed by atoms with Crippen LogP contribution >= 0.6 is 0 Å². The van der Waals surface area contributed by atoms with Crippen LogP contribution in [0.1, 0.15) is 15.9 Å². The summed E-state index contributed by atoms with van der Waals surface area (Å²) in [7, 11) is 0. The molecule has 0 unspecified atom stereocenters. The molecule has 26 heavy (non-hydrogen) atoms. The molecule has 1 aliphatic heterocycles. The van der Waals surface area contributed by atoms with Crippen LogP contribution < -0.4 is 10.2 Å². The molecule has 0 saturated heterocycles. The van der Waals surface area contributed by atoms with Gasteiger partial charge in [0, 0.05) is 18.4 Å². The van der Waals surface area contributed by atoms with Gasteiger partial charge in [0.05, 0.1) is 5.56 Å². The third kappa shape index (κ3) is 2.90. The lowest BCUT2D eigenvalue weighted by atomic mass is 10.2. The average molecular weight is 351 g/mol. The lowest BCUT2D eigenvalue weighted by Gasteiger charge is -2.18. The van der Waals surface area contributed by atoms with Crippen LogP contribution in [0, 0.1) is 11.6 Å². The van der Waals surface area contributed by atoms with Gasteiger partial charge < -0.3 is 10.2 Å². The molecule has 6 heteroatoms. The summed E-state index contributed by atoms with van der Waals surface area (Å²) in [5.74, 6) is -1.54. The van der Waals surface area contributed by atoms with Crippen molar-refractivity contribution in [2.75, 3.05) is 16.8 Å². The zero-order valence-electron chi connectivity index (χ0n) is 13.7. The lowest BCUT2D eigenvalue weighted by molar-refractivity contribution is 0.102. The summed E-state index contributed by atoms with van der Waals surface area (Å²) >= 11 is 0. The summed E-state index contributed by atoms with van der Waals surface area (Å²) in [6.45, 7) is 0.818. The molecule has 0 atom stereocenters. The molecule has 0 bridgehead atoms. The topological polar surface area (TPSA) is 45.2 Å². The number of anilines is 3. The van der Waals surface area contributed by atoms with E-state index in [9.17, 15) is 13.6 Å². The summed E-state index contributed by atoms with van der Waals surface area (Å²) in [6.07, 6.45) is 2.34. The predicted molar refractivity (Wildman–Crippen MR) is 95.7 cm³/mol. The maximum atomic E-state index is 13.7. The van der Waals surface area contributed by atoms with E-state index in [1.54, 1.807) is 12.1 Å². The van der Waals surface area contributed by atoms with Crippen molar-refractivity contribution in [2.45, 2.75) is 6.42 Å². The van der Waals surface area contributed by atoms with Crippen molar-refractivity contribution >= 4 is 23.1 Å². The maximum Gasteiger partial charge on any atom is 0.257 e. The Labute approximate surface area is 149 Å². The minimum Gasteiger partial charge on any atom is -0.326 e. The highest BCUT2D eigenvalue weighted by Gasteiger charge is 2.21. The SMILES string of the molecule is O=C(Nc1c(F)cccc1F)c1ccc(N2CCc3ccccc32)nc1. The first-order valence-electron chi connectivity index (χ1n) is 8.20. The summed E-state index contributed by atoms with van der Waals surface area (Å²) in [5, 5.41) is 2.26. The molecule has 0 radical (unpaired) electrons. The van der Waals surface area contributed by atoms with Gasteiger partial charge in [-0.3, -0.25) is 4.79 Å². The summed E-state index contributed by atoms with van der Waals surface area (Å²) in [4.78, 5) is 18.7. The molecule has 0 spiro atoms. The number of aromatic nitrogens is 1. The molecule has 4 nitrogen and oxygen atoms in total. The third-order valence-corrected chi connectivity index (χ3v) is 4.38. The fraction of sp³-hybridized carbons (Fsp3) is 0.100. The fourth-order valence-corrected chi connectivity index (χ4v) is 3.06. The van der Waals surface area contributed by atoms with Crippen LogP contribution in [-0.4, -0.2) is 17.4 Å². The Hall–Kier alpha value is -3.28. The Morgan fingerprint density at radius 2 is 1.77 bits per heavy atom. The first kappa shape index (κ1) is 16.2. The molecule has 2 aromatic carbocycles. The van der Waals surface area contributed by atoms with Gasteiger partial charge in [-0.2, -0.15) is 0 Å². The van der Waals surface area contributed by atoms with Gasteiger partial charge in [-0.1, -0.05) is 24.3 Å². The molecular weight excluding hydrogens is 336 g/mol. The largest absolute Gasteiger partial charge is 0.326 e. The summed E-state index contributed by atoms with van der Waals surface area (Å²) in [5.41, 5.74) is 2.12. The van der Waals surface area contributed by atoms with Crippen LogP contribution in [0.2, 0.25) is 0 Å². The van der Waals surface area contributed by atoms with Gasteiger partial charge >= 0.3 is 0 Å². The molecule has 1 N–H and O–H groups in total. The zero-order valence-corrected chi connectivity index (χ0v) is 13.7. The summed E-state index contributed by atoms with van der Waals surface area (Å²) in [6, 6.07) is 14.8. The van der Waals surface area contributed by atoms with Crippen LogP contribution in [0.25, 0.3) is 0 Å². The molecule has 2 heterocycles. The van der Waals surface area contributed by atoms with Crippen LogP contribution in [0.3, 0.4) is 0 Å². The van der Waals surface area contributed by atoms with E-state index in [2.05, 4.69) is 21.3 Å². The fourth-order valence-electron chi connectivity index (χ4n) is 3.06. The molecule has 1 amide bonds. The number of pyridine rings is 1. The zero-order chi connectivity index (χ0) is 18.1. The number of nitrogens with one attached hydrogen (secondary N) is 1. The number of hydrogen-bond donors (Lipinski definition) is 1. The van der Waals surface area contributed by atoms with Crippen LogP contribution in [0.15, 0.2) is 60.8 Å². The van der Waals surface area contributed by atoms with Gasteiger partial charge in [0.1, 0.15) is 23.1 Å². The second-order valence-electron chi connectivity index (χ2n) is 5.99. The van der Waals surface area contributed by atoms with E-state index in [-0.39, 0.29) is 5.56 Å². The number of para-hydroxylation sites is 2. The number of amides is 1. The highest BCUT2D eigenvalue weighted by molar-refractivity contribution is 6.04. The number of rotatable bonds is 3. The van der Waals surface area contributed by atoms with Gasteiger partial charge in [0.15, 0.2) is 0 Å². The van der Waals surface area contributed by atoms with Crippen molar-refractivity contribution in [3.63, 3.8) is 0 Å². The van der Waals surface area contributed by atoms with E-state index in [1.165, 1.54) is 17.8 Å². The van der Waals surface area contributed by atoms with E-state index < -0.39 is 23.2 Å². The third-order valence-electron chi connectivity index (χ3n) is 4.38. The van der Waals surface area contributed by atoms with Gasteiger partial charge in [-0.25, -0.2) is 13.8 Å². The second-order valence-corrected chi connectivity index (χ2v) is 5.99. The van der Waals surface area contributed by atoms with Crippen LogP contribution in [0.4, 0.5) is 26.0 Å². The molecule has 4 rings (SSSR count). The average Bonchev–Trinajstić information content (AvgIpc) is 3.09. The Bertz CT molecular complexity index is 953. The van der Waals surface area contributed by atoms with E-state index in [0.29, 0.717) is 0 Å². The number of carbonyl (C=O) groups excluding carboxylic acids is 1. The number of fused-ring (bicyclic) bond motifs is 1. The first-order valence-corrected chi connectivity index (χ1v) is 8.20. The maximum absolute atomic E-state index is 13.7. The van der Waals surface area contributed by atoms with Crippen molar-refractivity contribution in [2.24, 2.45) is 0 Å². The van der Waals surface area contributed by atoms with Crippen molar-refractivity contribution in [3.8, 4) is 0 Å². The standard InChI is InChI=1S/C20H15F2N3O/c21-15-5-3-6-16(22)19(15)24-20(26)14-8-9-18(23-12-14)25-11-10-13-4-1-2-7-17(13)25/h1-9,12H,10-11H2,(H,24,26). The Morgan fingerprint density at radius 1 is 1.00 bits per heavy atom. The Kier molecular flexibility index (Phi) is 4.08. The quantitative estimate of drug-likeness (QED) is 0.765. The van der Waals surface area contributed by atoms with Gasteiger partial charge in [-0.05, 0) is 42.3 Å². The first-order chi connectivity index (χ1) is 12.6. The van der Waals surface area contributed by atoms with Gasteiger partial charge in [0.2, 0.25) is 0 Å². The van der Waals surface area contributed by atoms with Gasteiger partial charge in [0.25, 0.3) is 5.91 Å². The van der Waals surface area contributed by atoms with E-state index in [0.717, 1.165) is 36.6 Å². The van der Waals surface area contributed by atoms with Crippen molar-refractivity contribution < 1.29 is 13.6 Å². The van der Waals surface area contributed by atoms with Gasteiger partial charge in [-0.15, -0.1) is 0 Å². The van der Waals surface area contributed by atoms with Crippen molar-refractivity contribution in [3.05, 3.63) is 83.6 Å². The molecule has 0 aliphatic carbocycles. The van der Waals surface area contributed by atoms with Crippen LogP contribution in [0.5, 0.6) is 0 Å². The van der Waals surface area contributed by atoms with E-state index in [4.69, 9.17) is 0 Å². The predicted octanol–water partition coefficient (Wildman–Crippen LogP) is 4.31. The van der Waals surface area contributed by atoms with Crippen molar-refractivity contribution in [1.29, 1.82) is 0 Å². The molecule has 3 aromatic rings. The molecular formula is C20H15F2N3O. The molecule has 0 saturated carbocycles. The van der Waals surface area contributed by atoms with E-state index in [1.807, 2.05) is 18.2 Å². The number of benzene rings is 2. The highest BCUT2D eigenvalue weighted by atomic mass is 19.1. The normalized spacial score (nSPS) is 12.8. The molecule has 1 aromatic heterocycles. The molecule has 0 fully saturated rings. The summed E-state index contributed by atoms with van der Waals surface area (Å²) < 4.78 is 27.3. The highest BCUT2D eigenvalue weighted by Crippen LogP contribution is 2.33. The smallest absolute Gasteiger partial charge is 0.257 e. The monoisotopic (exact) mass is 351 g/mol. The number of hydrogen-bond acceptors (Lipinski definition) is 3. The van der Waals surface area contributed by atoms with E-state index >= 15 is 0 Å². The molecule has 1 aliphatic rings. The number of carbonyl (C=O) groups is 1. The van der Waals surface area contributed by atoms with Crippen LogP contribution in [-0.2, 0) is 6.42 Å². The minimum absolute atomic E-state index is 0.226. The number of nitrogens with zero attached hydrogens (tertiary/aromatic N) is 2. The van der Waals surface area contributed by atoms with Crippen molar-refractivity contribution in [1.82, 2.24) is 4.98 Å². The lowest BCUT2D eigenvalue weighted by Crippen LogP contribution is -2.17. The molecule has 130 valence electrons. The Morgan fingerprint density at radius 3 is 2.50 bits per heavy atom. The Balaban J connectivity index is 1.54. The number of halogens is 2. The minimum atomic E-state index is -0.823. The second kappa shape index (κ2) is 6.55.